The van der Waals surface area contributed by atoms with Crippen molar-refractivity contribution in [2.45, 2.75) is 277 Å². The first-order chi connectivity index (χ1) is 32.5. The second-order valence-corrected chi connectivity index (χ2v) is 18.5. The molecule has 0 bridgehead atoms. The van der Waals surface area contributed by atoms with Crippen LogP contribution in [0, 0.1) is 0 Å². The monoisotopic (exact) mass is 921 g/mol. The number of carbonyl (C=O) groups excluding carboxylic acids is 3. The number of esters is 3. The van der Waals surface area contributed by atoms with E-state index in [0.29, 0.717) is 19.3 Å². The molecule has 0 rings (SSSR count). The van der Waals surface area contributed by atoms with Crippen LogP contribution in [0.4, 0.5) is 0 Å². The van der Waals surface area contributed by atoms with Crippen molar-refractivity contribution >= 4 is 17.9 Å². The number of hydrogen-bond acceptors (Lipinski definition) is 6. The van der Waals surface area contributed by atoms with Gasteiger partial charge in [0.15, 0.2) is 6.10 Å². The largest absolute Gasteiger partial charge is 0.462 e. The van der Waals surface area contributed by atoms with Gasteiger partial charge in [-0.05, 0) is 96.3 Å². The smallest absolute Gasteiger partial charge is 0.306 e. The normalized spacial score (nSPS) is 12.6. The summed E-state index contributed by atoms with van der Waals surface area (Å²) in [6.07, 6.45) is 68.9. The molecule has 0 aromatic rings. The molecule has 0 fully saturated rings. The first-order valence-corrected chi connectivity index (χ1v) is 28.0. The van der Waals surface area contributed by atoms with Crippen LogP contribution in [0.3, 0.4) is 0 Å². The van der Waals surface area contributed by atoms with Crippen molar-refractivity contribution in [2.75, 3.05) is 13.2 Å². The van der Waals surface area contributed by atoms with E-state index in [1.54, 1.807) is 0 Å². The van der Waals surface area contributed by atoms with E-state index in [-0.39, 0.29) is 31.1 Å². The molecule has 0 saturated carbocycles. The third-order valence-corrected chi connectivity index (χ3v) is 12.0. The van der Waals surface area contributed by atoms with Crippen LogP contribution >= 0.6 is 0 Å². The Labute approximate surface area is 408 Å². The Bertz CT molecular complexity index is 1240. The summed E-state index contributed by atoms with van der Waals surface area (Å²) in [7, 11) is 0. The number of hydrogen-bond donors (Lipinski definition) is 0. The maximum atomic E-state index is 12.8. The summed E-state index contributed by atoms with van der Waals surface area (Å²) in [6, 6.07) is 0. The fourth-order valence-corrected chi connectivity index (χ4v) is 7.77. The van der Waals surface area contributed by atoms with Gasteiger partial charge in [-0.2, -0.15) is 0 Å². The molecule has 6 nitrogen and oxygen atoms in total. The number of rotatable bonds is 50. The van der Waals surface area contributed by atoms with Crippen LogP contribution in [0.5, 0.6) is 0 Å². The SMILES string of the molecule is CC/C=C\C/C=C\CCCCCCCC(=O)OCC(COC(=O)CCCCCCC\C=C/C=C\C=C/CCCCCCC)OC(=O)CCCCCCC/C=C\CCCCCCCCCCC. The Hall–Kier alpha value is -3.15. The van der Waals surface area contributed by atoms with Crippen LogP contribution in [-0.4, -0.2) is 37.2 Å². The maximum Gasteiger partial charge on any atom is 0.306 e. The zero-order chi connectivity index (χ0) is 47.9. The Morgan fingerprint density at radius 1 is 0.333 bits per heavy atom. The molecule has 0 spiro atoms. The average Bonchev–Trinajstić information content (AvgIpc) is 3.31. The Kier molecular flexibility index (Phi) is 51.9. The Balaban J connectivity index is 4.42. The van der Waals surface area contributed by atoms with Gasteiger partial charge in [0.2, 0.25) is 0 Å². The fourth-order valence-electron chi connectivity index (χ4n) is 7.77. The van der Waals surface area contributed by atoms with Crippen molar-refractivity contribution in [3.8, 4) is 0 Å². The van der Waals surface area contributed by atoms with E-state index >= 15 is 0 Å². The van der Waals surface area contributed by atoms with Crippen LogP contribution in [0.25, 0.3) is 0 Å². The zero-order valence-electron chi connectivity index (χ0n) is 43.4. The second kappa shape index (κ2) is 54.5. The molecule has 66 heavy (non-hydrogen) atoms. The predicted molar refractivity (Wildman–Crippen MR) is 284 cm³/mol. The molecular formula is C60H104O6. The van der Waals surface area contributed by atoms with Crippen LogP contribution in [0.2, 0.25) is 0 Å². The third kappa shape index (κ3) is 51.8. The molecule has 0 amide bonds. The molecule has 0 radical (unpaired) electrons. The average molecular weight is 921 g/mol. The predicted octanol–water partition coefficient (Wildman–Crippen LogP) is 18.6. The second-order valence-electron chi connectivity index (χ2n) is 18.5. The van der Waals surface area contributed by atoms with Crippen molar-refractivity contribution in [3.63, 3.8) is 0 Å². The van der Waals surface area contributed by atoms with Gasteiger partial charge in [-0.15, -0.1) is 0 Å². The highest BCUT2D eigenvalue weighted by molar-refractivity contribution is 5.71. The summed E-state index contributed by atoms with van der Waals surface area (Å²) in [5, 5.41) is 0. The van der Waals surface area contributed by atoms with Gasteiger partial charge >= 0.3 is 17.9 Å². The maximum absolute atomic E-state index is 12.8. The van der Waals surface area contributed by atoms with Gasteiger partial charge in [-0.25, -0.2) is 0 Å². The summed E-state index contributed by atoms with van der Waals surface area (Å²) < 4.78 is 16.8. The molecule has 0 saturated heterocycles. The van der Waals surface area contributed by atoms with Gasteiger partial charge in [0.05, 0.1) is 0 Å². The summed E-state index contributed by atoms with van der Waals surface area (Å²) in [6.45, 7) is 6.49. The van der Waals surface area contributed by atoms with Crippen molar-refractivity contribution in [3.05, 3.63) is 72.9 Å². The molecule has 0 aromatic carbocycles. The fraction of sp³-hybridized carbons (Fsp3) is 0.750. The van der Waals surface area contributed by atoms with Crippen molar-refractivity contribution in [1.29, 1.82) is 0 Å². The van der Waals surface area contributed by atoms with Crippen LogP contribution in [-0.2, 0) is 28.6 Å². The molecule has 0 aromatic heterocycles. The highest BCUT2D eigenvalue weighted by atomic mass is 16.6. The quantitative estimate of drug-likeness (QED) is 0.0199. The lowest BCUT2D eigenvalue weighted by atomic mass is 10.1. The number of unbranched alkanes of at least 4 members (excludes halogenated alkanes) is 29. The zero-order valence-corrected chi connectivity index (χ0v) is 43.4. The molecule has 380 valence electrons. The molecule has 0 heterocycles. The molecule has 1 atom stereocenters. The van der Waals surface area contributed by atoms with Gasteiger partial charge in [0.25, 0.3) is 0 Å². The van der Waals surface area contributed by atoms with E-state index in [9.17, 15) is 14.4 Å². The minimum Gasteiger partial charge on any atom is -0.462 e. The van der Waals surface area contributed by atoms with Crippen LogP contribution in [0.15, 0.2) is 72.9 Å². The van der Waals surface area contributed by atoms with Crippen molar-refractivity contribution < 1.29 is 28.6 Å². The Morgan fingerprint density at radius 2 is 0.652 bits per heavy atom. The topological polar surface area (TPSA) is 78.9 Å². The van der Waals surface area contributed by atoms with Crippen LogP contribution in [0.1, 0.15) is 271 Å². The summed E-state index contributed by atoms with van der Waals surface area (Å²) in [5.41, 5.74) is 0. The molecular weight excluding hydrogens is 817 g/mol. The first-order valence-electron chi connectivity index (χ1n) is 28.0. The van der Waals surface area contributed by atoms with Crippen LogP contribution < -0.4 is 0 Å². The molecule has 0 aliphatic carbocycles. The lowest BCUT2D eigenvalue weighted by Crippen LogP contribution is -2.30. The standard InChI is InChI=1S/C60H104O6/c1-4-7-10-13-16-19-22-25-27-29-31-33-35-38-41-44-47-50-53-59(62)65-56-57(55-64-58(61)52-49-46-43-40-37-24-21-18-15-12-9-6-3)66-60(63)54-51-48-45-42-39-36-34-32-30-28-26-23-20-17-14-11-8-5-2/h9,12,18,21-22,25,27,29,31-34,57H,4-8,10-11,13-17,19-20,23-24,26,28,30,35-56H2,1-3H3/b12-9-,21-18-,25-22-,29-27-,33-31-,34-32-. The first kappa shape index (κ1) is 62.8. The lowest BCUT2D eigenvalue weighted by molar-refractivity contribution is -0.167. The van der Waals surface area contributed by atoms with E-state index in [2.05, 4.69) is 93.7 Å². The third-order valence-electron chi connectivity index (χ3n) is 12.0. The number of ether oxygens (including phenoxy) is 3. The minimum atomic E-state index is -0.794. The van der Waals surface area contributed by atoms with Gasteiger partial charge in [-0.1, -0.05) is 229 Å². The summed E-state index contributed by atoms with van der Waals surface area (Å²) in [4.78, 5) is 38.1. The number of allylic oxidation sites excluding steroid dienone is 12. The summed E-state index contributed by atoms with van der Waals surface area (Å²) in [5.74, 6) is -0.929. The van der Waals surface area contributed by atoms with Gasteiger partial charge in [-0.3, -0.25) is 14.4 Å². The van der Waals surface area contributed by atoms with E-state index in [4.69, 9.17) is 14.2 Å². The highest BCUT2D eigenvalue weighted by Gasteiger charge is 2.19. The Morgan fingerprint density at radius 3 is 1.05 bits per heavy atom. The number of carbonyl (C=O) groups is 3. The minimum absolute atomic E-state index is 0.0929. The van der Waals surface area contributed by atoms with E-state index in [1.165, 1.54) is 109 Å². The lowest BCUT2D eigenvalue weighted by Gasteiger charge is -2.18. The molecule has 6 heteroatoms. The molecule has 0 aliphatic heterocycles. The summed E-state index contributed by atoms with van der Waals surface area (Å²) >= 11 is 0. The van der Waals surface area contributed by atoms with Gasteiger partial charge in [0, 0.05) is 19.3 Å². The molecule has 0 N–H and O–H groups in total. The van der Waals surface area contributed by atoms with E-state index in [1.807, 2.05) is 0 Å². The molecule has 1 unspecified atom stereocenters. The van der Waals surface area contributed by atoms with Gasteiger partial charge in [0.1, 0.15) is 13.2 Å². The van der Waals surface area contributed by atoms with E-state index in [0.717, 1.165) is 122 Å². The highest BCUT2D eigenvalue weighted by Crippen LogP contribution is 2.14. The molecule has 0 aliphatic rings. The van der Waals surface area contributed by atoms with Gasteiger partial charge < -0.3 is 14.2 Å². The van der Waals surface area contributed by atoms with Crippen molar-refractivity contribution in [1.82, 2.24) is 0 Å². The van der Waals surface area contributed by atoms with Crippen molar-refractivity contribution in [2.24, 2.45) is 0 Å². The van der Waals surface area contributed by atoms with E-state index < -0.39 is 6.10 Å².